The van der Waals surface area contributed by atoms with Gasteiger partial charge in [0, 0.05) is 44.8 Å². The van der Waals surface area contributed by atoms with E-state index in [0.29, 0.717) is 31.2 Å². The lowest BCUT2D eigenvalue weighted by Crippen LogP contribution is -2.55. The third-order valence-electron chi connectivity index (χ3n) is 6.59. The molecule has 4 nitrogen and oxygen atoms in total. The van der Waals surface area contributed by atoms with Crippen LogP contribution in [0, 0.1) is 5.82 Å². The van der Waals surface area contributed by atoms with Crippen LogP contribution in [-0.4, -0.2) is 54.7 Å². The Morgan fingerprint density at radius 1 is 0.882 bits per heavy atom. The summed E-state index contributed by atoms with van der Waals surface area (Å²) >= 11 is 0. The van der Waals surface area contributed by atoms with Gasteiger partial charge >= 0.3 is 0 Å². The van der Waals surface area contributed by atoms with Gasteiger partial charge in [-0.15, -0.1) is 0 Å². The Kier molecular flexibility index (Phi) is 9.22. The van der Waals surface area contributed by atoms with Gasteiger partial charge < -0.3 is 10.5 Å². The van der Waals surface area contributed by atoms with Crippen molar-refractivity contribution < 1.29 is 9.13 Å². The van der Waals surface area contributed by atoms with Crippen LogP contribution in [0.3, 0.4) is 0 Å². The number of rotatable bonds is 11. The highest BCUT2D eigenvalue weighted by atomic mass is 19.1. The number of hydrogen-bond acceptors (Lipinski definition) is 4. The minimum absolute atomic E-state index is 0.0647. The molecule has 1 aliphatic rings. The van der Waals surface area contributed by atoms with Gasteiger partial charge in [0.1, 0.15) is 5.82 Å². The zero-order valence-electron chi connectivity index (χ0n) is 19.9. The second-order valence-corrected chi connectivity index (χ2v) is 9.26. The molecular weight excluding hydrogens is 425 g/mol. The molecule has 34 heavy (non-hydrogen) atoms. The van der Waals surface area contributed by atoms with Crippen LogP contribution in [0.1, 0.15) is 23.1 Å². The quantitative estimate of drug-likeness (QED) is 0.457. The maximum atomic E-state index is 14.0. The zero-order valence-corrected chi connectivity index (χ0v) is 19.9. The molecule has 1 heterocycles. The summed E-state index contributed by atoms with van der Waals surface area (Å²) in [5.74, 6) is -0.167. The SMILES string of the molecule is N[C@@H](CCN1CCN(Cc2ccccc2)C[C@H]1COCc1ccccc1)Cc1ccccc1F. The minimum Gasteiger partial charge on any atom is -0.375 e. The first-order valence-corrected chi connectivity index (χ1v) is 12.3. The second-order valence-electron chi connectivity index (χ2n) is 9.26. The van der Waals surface area contributed by atoms with Gasteiger partial charge in [0.05, 0.1) is 13.2 Å². The molecule has 5 heteroatoms. The Bertz CT molecular complexity index is 985. The predicted octanol–water partition coefficient (Wildman–Crippen LogP) is 4.49. The van der Waals surface area contributed by atoms with Gasteiger partial charge in [0.15, 0.2) is 0 Å². The summed E-state index contributed by atoms with van der Waals surface area (Å²) in [5.41, 5.74) is 9.64. The number of benzene rings is 3. The van der Waals surface area contributed by atoms with Crippen LogP contribution in [0.4, 0.5) is 4.39 Å². The Hall–Kier alpha value is -2.57. The van der Waals surface area contributed by atoms with Gasteiger partial charge in [-0.3, -0.25) is 9.80 Å². The van der Waals surface area contributed by atoms with Gasteiger partial charge in [0.2, 0.25) is 0 Å². The van der Waals surface area contributed by atoms with E-state index in [0.717, 1.165) is 39.1 Å². The number of nitrogens with zero attached hydrogens (tertiary/aromatic N) is 2. The van der Waals surface area contributed by atoms with Gasteiger partial charge in [-0.25, -0.2) is 4.39 Å². The molecule has 1 fully saturated rings. The lowest BCUT2D eigenvalue weighted by Gasteiger charge is -2.41. The summed E-state index contributed by atoms with van der Waals surface area (Å²) in [4.78, 5) is 5.02. The summed E-state index contributed by atoms with van der Waals surface area (Å²) in [7, 11) is 0. The fraction of sp³-hybridized carbons (Fsp3) is 0.379. The fourth-order valence-corrected chi connectivity index (χ4v) is 4.66. The Balaban J connectivity index is 1.32. The van der Waals surface area contributed by atoms with Gasteiger partial charge in [0.25, 0.3) is 0 Å². The highest BCUT2D eigenvalue weighted by molar-refractivity contribution is 5.18. The molecule has 0 radical (unpaired) electrons. The molecule has 4 rings (SSSR count). The molecule has 0 aromatic heterocycles. The normalized spacial score (nSPS) is 18.1. The number of ether oxygens (including phenoxy) is 1. The van der Waals surface area contributed by atoms with Gasteiger partial charge in [-0.1, -0.05) is 78.9 Å². The third kappa shape index (κ3) is 7.47. The van der Waals surface area contributed by atoms with Crippen molar-refractivity contribution in [1.29, 1.82) is 0 Å². The predicted molar refractivity (Wildman–Crippen MR) is 136 cm³/mol. The van der Waals surface area contributed by atoms with E-state index in [-0.39, 0.29) is 11.9 Å². The molecule has 1 aliphatic heterocycles. The lowest BCUT2D eigenvalue weighted by atomic mass is 10.0. The largest absolute Gasteiger partial charge is 0.375 e. The minimum atomic E-state index is -0.167. The summed E-state index contributed by atoms with van der Waals surface area (Å²) in [6, 6.07) is 28.1. The molecule has 0 spiro atoms. The maximum absolute atomic E-state index is 14.0. The fourth-order valence-electron chi connectivity index (χ4n) is 4.66. The summed E-state index contributed by atoms with van der Waals surface area (Å²) in [6.45, 7) is 6.13. The van der Waals surface area contributed by atoms with E-state index in [1.807, 2.05) is 30.3 Å². The van der Waals surface area contributed by atoms with E-state index in [2.05, 4.69) is 52.3 Å². The van der Waals surface area contributed by atoms with E-state index in [9.17, 15) is 4.39 Å². The van der Waals surface area contributed by atoms with Crippen molar-refractivity contribution in [1.82, 2.24) is 9.80 Å². The van der Waals surface area contributed by atoms with Crippen LogP contribution in [0.5, 0.6) is 0 Å². The van der Waals surface area contributed by atoms with Crippen LogP contribution in [0.2, 0.25) is 0 Å². The molecule has 180 valence electrons. The first kappa shape index (κ1) is 24.6. The van der Waals surface area contributed by atoms with Crippen molar-refractivity contribution in [3.05, 3.63) is 107 Å². The standard InChI is InChI=1S/C29H36FN3O/c30-29-14-8-7-13-26(29)19-27(31)15-16-33-18-17-32(20-24-9-3-1-4-10-24)21-28(33)23-34-22-25-11-5-2-6-12-25/h1-14,27-28H,15-23,31H2/t27-,28-/m0/s1. The molecule has 0 amide bonds. The summed E-state index contributed by atoms with van der Waals surface area (Å²) < 4.78 is 20.2. The van der Waals surface area contributed by atoms with E-state index < -0.39 is 0 Å². The van der Waals surface area contributed by atoms with E-state index >= 15 is 0 Å². The van der Waals surface area contributed by atoms with Crippen LogP contribution < -0.4 is 5.73 Å². The third-order valence-corrected chi connectivity index (χ3v) is 6.59. The summed E-state index contributed by atoms with van der Waals surface area (Å²) in [5, 5.41) is 0. The molecule has 2 N–H and O–H groups in total. The van der Waals surface area contributed by atoms with Crippen molar-refractivity contribution in [3.8, 4) is 0 Å². The van der Waals surface area contributed by atoms with E-state index in [1.165, 1.54) is 17.2 Å². The average molecular weight is 462 g/mol. The van der Waals surface area contributed by atoms with Crippen LogP contribution in [-0.2, 0) is 24.3 Å². The van der Waals surface area contributed by atoms with Crippen molar-refractivity contribution in [2.75, 3.05) is 32.8 Å². The molecule has 0 aliphatic carbocycles. The smallest absolute Gasteiger partial charge is 0.126 e. The van der Waals surface area contributed by atoms with Gasteiger partial charge in [-0.05, 0) is 35.6 Å². The molecule has 2 atom stereocenters. The van der Waals surface area contributed by atoms with Crippen molar-refractivity contribution in [2.45, 2.75) is 38.1 Å². The van der Waals surface area contributed by atoms with Crippen LogP contribution in [0.25, 0.3) is 0 Å². The molecule has 3 aromatic rings. The number of halogens is 1. The van der Waals surface area contributed by atoms with Crippen LogP contribution >= 0.6 is 0 Å². The number of hydrogen-bond donors (Lipinski definition) is 1. The average Bonchev–Trinajstić information content (AvgIpc) is 2.86. The van der Waals surface area contributed by atoms with Crippen molar-refractivity contribution in [2.24, 2.45) is 5.73 Å². The van der Waals surface area contributed by atoms with E-state index in [4.69, 9.17) is 10.5 Å². The highest BCUT2D eigenvalue weighted by Crippen LogP contribution is 2.17. The van der Waals surface area contributed by atoms with Crippen molar-refractivity contribution in [3.63, 3.8) is 0 Å². The van der Waals surface area contributed by atoms with Crippen LogP contribution in [0.15, 0.2) is 84.9 Å². The molecule has 0 saturated carbocycles. The van der Waals surface area contributed by atoms with E-state index in [1.54, 1.807) is 6.07 Å². The topological polar surface area (TPSA) is 41.7 Å². The molecule has 0 bridgehead atoms. The summed E-state index contributed by atoms with van der Waals surface area (Å²) in [6.07, 6.45) is 1.40. The second kappa shape index (κ2) is 12.8. The molecule has 3 aromatic carbocycles. The van der Waals surface area contributed by atoms with Crippen molar-refractivity contribution >= 4 is 0 Å². The Labute approximate surface area is 203 Å². The first-order chi connectivity index (χ1) is 16.7. The van der Waals surface area contributed by atoms with Gasteiger partial charge in [-0.2, -0.15) is 0 Å². The number of piperazine rings is 1. The molecular formula is C29H36FN3O. The zero-order chi connectivity index (χ0) is 23.6. The molecule has 0 unspecified atom stereocenters. The maximum Gasteiger partial charge on any atom is 0.126 e. The molecule has 1 saturated heterocycles. The Morgan fingerprint density at radius 2 is 1.56 bits per heavy atom. The highest BCUT2D eigenvalue weighted by Gasteiger charge is 2.27. The number of nitrogens with two attached hydrogens (primary N) is 1. The lowest BCUT2D eigenvalue weighted by molar-refractivity contribution is 0.000854. The Morgan fingerprint density at radius 3 is 2.29 bits per heavy atom. The monoisotopic (exact) mass is 461 g/mol. The first-order valence-electron chi connectivity index (χ1n) is 12.3.